The van der Waals surface area contributed by atoms with Crippen molar-refractivity contribution >= 4 is 23.2 Å². The van der Waals surface area contributed by atoms with Crippen molar-refractivity contribution in [3.05, 3.63) is 28.8 Å². The number of hydrogen-bond donors (Lipinski definition) is 1. The van der Waals surface area contributed by atoms with E-state index in [1.54, 1.807) is 0 Å². The van der Waals surface area contributed by atoms with Crippen molar-refractivity contribution in [1.29, 1.82) is 0 Å². The molecule has 104 valence electrons. The predicted molar refractivity (Wildman–Crippen MR) is 66.0 cm³/mol. The Balaban J connectivity index is 2.27. The molecule has 1 aliphatic carbocycles. The third-order valence-corrected chi connectivity index (χ3v) is 3.21. The van der Waals surface area contributed by atoms with Crippen LogP contribution in [0.1, 0.15) is 23.2 Å². The number of nitrogens with two attached hydrogens (primary N) is 1. The second-order valence-electron chi connectivity index (χ2n) is 4.48. The third kappa shape index (κ3) is 3.32. The van der Waals surface area contributed by atoms with Gasteiger partial charge in [0.25, 0.3) is 5.91 Å². The zero-order valence-electron chi connectivity index (χ0n) is 9.88. The van der Waals surface area contributed by atoms with Gasteiger partial charge in [-0.15, -0.1) is 0 Å². The van der Waals surface area contributed by atoms with Gasteiger partial charge in [-0.05, 0) is 25.0 Å². The Morgan fingerprint density at radius 1 is 1.42 bits per heavy atom. The van der Waals surface area contributed by atoms with Crippen LogP contribution in [-0.4, -0.2) is 29.6 Å². The van der Waals surface area contributed by atoms with Crippen molar-refractivity contribution in [2.45, 2.75) is 25.1 Å². The van der Waals surface area contributed by atoms with E-state index in [4.69, 9.17) is 17.3 Å². The number of benzene rings is 1. The Hall–Kier alpha value is -1.43. The van der Waals surface area contributed by atoms with Crippen molar-refractivity contribution in [1.82, 2.24) is 4.90 Å². The van der Waals surface area contributed by atoms with Crippen LogP contribution in [-0.2, 0) is 0 Å². The monoisotopic (exact) mass is 292 g/mol. The minimum absolute atomic E-state index is 0.0157. The molecule has 0 aliphatic heterocycles. The fourth-order valence-electron chi connectivity index (χ4n) is 1.82. The standard InChI is InChI=1S/C12H12ClF3N2O/c13-9-3-1-2-8(10(9)17)11(19)18(7-4-5-7)6-12(14,15)16/h1-3,7H,4-6,17H2. The molecule has 0 saturated heterocycles. The highest BCUT2D eigenvalue weighted by Crippen LogP contribution is 2.33. The summed E-state index contributed by atoms with van der Waals surface area (Å²) in [5, 5.41) is 0.161. The quantitative estimate of drug-likeness (QED) is 0.870. The molecule has 0 aromatic heterocycles. The molecule has 1 aliphatic rings. The topological polar surface area (TPSA) is 46.3 Å². The van der Waals surface area contributed by atoms with Gasteiger partial charge in [0.05, 0.1) is 16.3 Å². The Labute approximate surface area is 113 Å². The molecule has 1 aromatic carbocycles. The molecular weight excluding hydrogens is 281 g/mol. The molecular formula is C12H12ClF3N2O. The average molecular weight is 293 g/mol. The molecule has 0 spiro atoms. The Kier molecular flexibility index (Phi) is 3.62. The van der Waals surface area contributed by atoms with Gasteiger partial charge in [-0.3, -0.25) is 4.79 Å². The van der Waals surface area contributed by atoms with Crippen molar-refractivity contribution in [2.24, 2.45) is 0 Å². The van der Waals surface area contributed by atoms with Crippen LogP contribution in [0.3, 0.4) is 0 Å². The van der Waals surface area contributed by atoms with Crippen LogP contribution < -0.4 is 5.73 Å². The second-order valence-corrected chi connectivity index (χ2v) is 4.89. The number of halogens is 4. The van der Waals surface area contributed by atoms with Crippen molar-refractivity contribution in [2.75, 3.05) is 12.3 Å². The van der Waals surface area contributed by atoms with Crippen LogP contribution in [0.2, 0.25) is 5.02 Å². The largest absolute Gasteiger partial charge is 0.406 e. The maximum atomic E-state index is 12.5. The fraction of sp³-hybridized carbons (Fsp3) is 0.417. The van der Waals surface area contributed by atoms with Gasteiger partial charge in [-0.25, -0.2) is 0 Å². The van der Waals surface area contributed by atoms with Gasteiger partial charge in [0.2, 0.25) is 0 Å². The number of carbonyl (C=O) groups excluding carboxylic acids is 1. The highest BCUT2D eigenvalue weighted by molar-refractivity contribution is 6.33. The lowest BCUT2D eigenvalue weighted by molar-refractivity contribution is -0.141. The number of para-hydroxylation sites is 1. The molecule has 7 heteroatoms. The summed E-state index contributed by atoms with van der Waals surface area (Å²) in [6.07, 6.45) is -3.25. The summed E-state index contributed by atoms with van der Waals surface area (Å²) < 4.78 is 37.5. The first-order valence-corrected chi connectivity index (χ1v) is 6.09. The van der Waals surface area contributed by atoms with Gasteiger partial charge in [0.15, 0.2) is 0 Å². The van der Waals surface area contributed by atoms with Gasteiger partial charge >= 0.3 is 6.18 Å². The maximum Gasteiger partial charge on any atom is 0.406 e. The van der Waals surface area contributed by atoms with E-state index in [-0.39, 0.29) is 22.3 Å². The van der Waals surface area contributed by atoms with Crippen LogP contribution in [0, 0.1) is 0 Å². The number of nitrogens with zero attached hydrogens (tertiary/aromatic N) is 1. The van der Waals surface area contributed by atoms with Crippen LogP contribution in [0.15, 0.2) is 18.2 Å². The molecule has 1 aromatic rings. The molecule has 1 saturated carbocycles. The number of hydrogen-bond acceptors (Lipinski definition) is 2. The smallest absolute Gasteiger partial charge is 0.397 e. The predicted octanol–water partition coefficient (Wildman–Crippen LogP) is 3.09. The number of nitrogen functional groups attached to an aromatic ring is 1. The Morgan fingerprint density at radius 2 is 2.05 bits per heavy atom. The fourth-order valence-corrected chi connectivity index (χ4v) is 2.00. The minimum Gasteiger partial charge on any atom is -0.397 e. The molecule has 0 unspecified atom stereocenters. The summed E-state index contributed by atoms with van der Waals surface area (Å²) in [4.78, 5) is 13.0. The Bertz CT molecular complexity index is 500. The highest BCUT2D eigenvalue weighted by atomic mass is 35.5. The molecule has 0 heterocycles. The molecule has 19 heavy (non-hydrogen) atoms. The van der Waals surface area contributed by atoms with E-state index in [1.807, 2.05) is 0 Å². The van der Waals surface area contributed by atoms with Crippen molar-refractivity contribution in [3.8, 4) is 0 Å². The first kappa shape index (κ1) is 14.0. The van der Waals surface area contributed by atoms with Gasteiger partial charge in [-0.2, -0.15) is 13.2 Å². The summed E-state index contributed by atoms with van der Waals surface area (Å²) in [5.41, 5.74) is 5.68. The molecule has 3 nitrogen and oxygen atoms in total. The van der Waals surface area contributed by atoms with E-state index in [0.717, 1.165) is 4.90 Å². The summed E-state index contributed by atoms with van der Waals surface area (Å²) >= 11 is 5.77. The summed E-state index contributed by atoms with van der Waals surface area (Å²) in [7, 11) is 0. The van der Waals surface area contributed by atoms with Gasteiger partial charge < -0.3 is 10.6 Å². The summed E-state index contributed by atoms with van der Waals surface area (Å²) in [6.45, 7) is -1.26. The zero-order chi connectivity index (χ0) is 14.2. The average Bonchev–Trinajstić information content (AvgIpc) is 3.12. The lowest BCUT2D eigenvalue weighted by Crippen LogP contribution is -2.40. The first-order chi connectivity index (χ1) is 8.79. The minimum atomic E-state index is -4.43. The normalized spacial score (nSPS) is 15.4. The van der Waals surface area contributed by atoms with Crippen LogP contribution in [0.4, 0.5) is 18.9 Å². The van der Waals surface area contributed by atoms with Crippen molar-refractivity contribution in [3.63, 3.8) is 0 Å². The number of rotatable bonds is 3. The lowest BCUT2D eigenvalue weighted by atomic mass is 10.1. The van der Waals surface area contributed by atoms with E-state index in [9.17, 15) is 18.0 Å². The third-order valence-electron chi connectivity index (χ3n) is 2.88. The van der Waals surface area contributed by atoms with Gasteiger partial charge in [0.1, 0.15) is 6.54 Å². The Morgan fingerprint density at radius 3 is 2.58 bits per heavy atom. The van der Waals surface area contributed by atoms with E-state index in [0.29, 0.717) is 12.8 Å². The summed E-state index contributed by atoms with van der Waals surface area (Å²) in [5.74, 6) is -0.722. The number of carbonyl (C=O) groups is 1. The van der Waals surface area contributed by atoms with Crippen LogP contribution >= 0.6 is 11.6 Å². The molecule has 0 atom stereocenters. The SMILES string of the molecule is Nc1c(Cl)cccc1C(=O)N(CC(F)(F)F)C1CC1. The maximum absolute atomic E-state index is 12.5. The molecule has 0 bridgehead atoms. The van der Waals surface area contributed by atoms with E-state index in [2.05, 4.69) is 0 Å². The van der Waals surface area contributed by atoms with E-state index < -0.39 is 18.6 Å². The highest BCUT2D eigenvalue weighted by Gasteiger charge is 2.41. The number of amides is 1. The molecule has 1 fully saturated rings. The molecule has 1 amide bonds. The first-order valence-electron chi connectivity index (χ1n) is 5.71. The lowest BCUT2D eigenvalue weighted by Gasteiger charge is -2.24. The van der Waals surface area contributed by atoms with Crippen molar-refractivity contribution < 1.29 is 18.0 Å². The van der Waals surface area contributed by atoms with E-state index >= 15 is 0 Å². The van der Waals surface area contributed by atoms with Gasteiger partial charge in [-0.1, -0.05) is 17.7 Å². The van der Waals surface area contributed by atoms with Gasteiger partial charge in [0, 0.05) is 6.04 Å². The van der Waals surface area contributed by atoms with Crippen LogP contribution in [0.5, 0.6) is 0 Å². The zero-order valence-corrected chi connectivity index (χ0v) is 10.6. The van der Waals surface area contributed by atoms with Crippen LogP contribution in [0.25, 0.3) is 0 Å². The molecule has 2 N–H and O–H groups in total. The summed E-state index contributed by atoms with van der Waals surface area (Å²) in [6, 6.07) is 4.01. The molecule has 2 rings (SSSR count). The number of anilines is 1. The number of alkyl halides is 3. The van der Waals surface area contributed by atoms with E-state index in [1.165, 1.54) is 18.2 Å². The molecule has 0 radical (unpaired) electrons. The second kappa shape index (κ2) is 4.92.